The highest BCUT2D eigenvalue weighted by Crippen LogP contribution is 2.20. The molecule has 0 saturated carbocycles. The van der Waals surface area contributed by atoms with E-state index in [0.29, 0.717) is 45.5 Å². The Balaban J connectivity index is 2.14. The summed E-state index contributed by atoms with van der Waals surface area (Å²) >= 11 is 5.88. The van der Waals surface area contributed by atoms with Gasteiger partial charge in [-0.2, -0.15) is 0 Å². The van der Waals surface area contributed by atoms with Crippen LogP contribution in [0.3, 0.4) is 0 Å². The van der Waals surface area contributed by atoms with Crippen LogP contribution in [-0.2, 0) is 14.2 Å². The van der Waals surface area contributed by atoms with Crippen LogP contribution in [0.5, 0.6) is 0 Å². The Hall–Kier alpha value is -0.650. The number of hydrogen-bond donors (Lipinski definition) is 1. The third kappa shape index (κ3) is 7.22. The van der Waals surface area contributed by atoms with E-state index in [-0.39, 0.29) is 0 Å². The Morgan fingerprint density at radius 1 is 1.00 bits per heavy atom. The largest absolute Gasteiger partial charge is 0.382 e. The fraction of sp³-hybridized carbons (Fsp3) is 0.600. The van der Waals surface area contributed by atoms with Crippen molar-refractivity contribution in [2.45, 2.75) is 12.3 Å². The summed E-state index contributed by atoms with van der Waals surface area (Å²) in [4.78, 5) is 0. The minimum absolute atomic E-state index is 0.307. The van der Waals surface area contributed by atoms with Crippen LogP contribution in [0.4, 0.5) is 0 Å². The van der Waals surface area contributed by atoms with Crippen molar-refractivity contribution in [3.63, 3.8) is 0 Å². The maximum Gasteiger partial charge on any atom is 0.0701 e. The summed E-state index contributed by atoms with van der Waals surface area (Å²) in [6, 6.07) is 7.83. The van der Waals surface area contributed by atoms with E-state index in [4.69, 9.17) is 31.5 Å². The van der Waals surface area contributed by atoms with Gasteiger partial charge in [-0.05, 0) is 36.6 Å². The van der Waals surface area contributed by atoms with Gasteiger partial charge in [-0.25, -0.2) is 0 Å². The molecule has 0 heterocycles. The second-order valence-corrected chi connectivity index (χ2v) is 4.93. The van der Waals surface area contributed by atoms with Gasteiger partial charge in [0.2, 0.25) is 0 Å². The maximum absolute atomic E-state index is 5.88. The molecule has 0 saturated heterocycles. The lowest BCUT2D eigenvalue weighted by Gasteiger charge is -2.15. The van der Waals surface area contributed by atoms with Crippen LogP contribution < -0.4 is 5.73 Å². The zero-order valence-corrected chi connectivity index (χ0v) is 12.8. The van der Waals surface area contributed by atoms with E-state index in [1.807, 2.05) is 24.3 Å². The van der Waals surface area contributed by atoms with Crippen LogP contribution in [0.25, 0.3) is 0 Å². The van der Waals surface area contributed by atoms with Gasteiger partial charge in [-0.15, -0.1) is 0 Å². The molecular formula is C15H24ClNO3. The summed E-state index contributed by atoms with van der Waals surface area (Å²) in [6.45, 7) is 3.70. The van der Waals surface area contributed by atoms with E-state index in [0.717, 1.165) is 11.4 Å². The first kappa shape index (κ1) is 17.4. The number of benzene rings is 1. The van der Waals surface area contributed by atoms with Crippen LogP contribution in [-0.4, -0.2) is 46.7 Å². The van der Waals surface area contributed by atoms with Crippen molar-refractivity contribution in [1.29, 1.82) is 0 Å². The third-order valence-electron chi connectivity index (χ3n) is 3.04. The predicted molar refractivity (Wildman–Crippen MR) is 81.4 cm³/mol. The topological polar surface area (TPSA) is 53.7 Å². The fourth-order valence-electron chi connectivity index (χ4n) is 1.85. The molecule has 1 atom stereocenters. The van der Waals surface area contributed by atoms with Gasteiger partial charge in [0.1, 0.15) is 0 Å². The highest BCUT2D eigenvalue weighted by atomic mass is 35.5. The molecule has 1 rings (SSSR count). The van der Waals surface area contributed by atoms with Crippen molar-refractivity contribution in [3.8, 4) is 0 Å². The molecule has 0 bridgehead atoms. The Kier molecular flexibility index (Phi) is 9.62. The van der Waals surface area contributed by atoms with Gasteiger partial charge >= 0.3 is 0 Å². The highest BCUT2D eigenvalue weighted by molar-refractivity contribution is 6.30. The number of methoxy groups -OCH3 is 1. The van der Waals surface area contributed by atoms with Crippen molar-refractivity contribution in [2.24, 2.45) is 5.73 Å². The normalized spacial score (nSPS) is 12.6. The highest BCUT2D eigenvalue weighted by Gasteiger charge is 2.09. The van der Waals surface area contributed by atoms with Gasteiger partial charge in [0.05, 0.1) is 26.4 Å². The van der Waals surface area contributed by atoms with E-state index < -0.39 is 0 Å². The predicted octanol–water partition coefficient (Wildman–Crippen LogP) is 2.45. The SMILES string of the molecule is COCCOCCOCCC(CN)c1ccc(Cl)cc1. The number of ether oxygens (including phenoxy) is 3. The summed E-state index contributed by atoms with van der Waals surface area (Å²) in [5.41, 5.74) is 7.02. The first-order chi connectivity index (χ1) is 9.77. The van der Waals surface area contributed by atoms with E-state index in [1.54, 1.807) is 7.11 Å². The lowest BCUT2D eigenvalue weighted by atomic mass is 9.96. The average molecular weight is 302 g/mol. The summed E-state index contributed by atoms with van der Waals surface area (Å²) in [6.07, 6.45) is 0.899. The van der Waals surface area contributed by atoms with Crippen LogP contribution in [0.1, 0.15) is 17.9 Å². The van der Waals surface area contributed by atoms with E-state index in [1.165, 1.54) is 5.56 Å². The molecule has 4 nitrogen and oxygen atoms in total. The molecule has 2 N–H and O–H groups in total. The summed E-state index contributed by atoms with van der Waals surface area (Å²) in [7, 11) is 1.66. The first-order valence-electron chi connectivity index (χ1n) is 6.88. The summed E-state index contributed by atoms with van der Waals surface area (Å²) < 4.78 is 15.7. The number of halogens is 1. The molecule has 1 aromatic rings. The minimum atomic E-state index is 0.307. The summed E-state index contributed by atoms with van der Waals surface area (Å²) in [5.74, 6) is 0.307. The van der Waals surface area contributed by atoms with Gasteiger partial charge in [0.15, 0.2) is 0 Å². The van der Waals surface area contributed by atoms with Crippen molar-refractivity contribution in [1.82, 2.24) is 0 Å². The Morgan fingerprint density at radius 3 is 2.20 bits per heavy atom. The lowest BCUT2D eigenvalue weighted by molar-refractivity contribution is 0.0234. The zero-order chi connectivity index (χ0) is 14.6. The Morgan fingerprint density at radius 2 is 1.60 bits per heavy atom. The monoisotopic (exact) mass is 301 g/mol. The minimum Gasteiger partial charge on any atom is -0.382 e. The molecule has 0 aliphatic rings. The molecule has 20 heavy (non-hydrogen) atoms. The fourth-order valence-corrected chi connectivity index (χ4v) is 1.97. The third-order valence-corrected chi connectivity index (χ3v) is 3.29. The van der Waals surface area contributed by atoms with Crippen LogP contribution >= 0.6 is 11.6 Å². The summed E-state index contributed by atoms with van der Waals surface area (Å²) in [5, 5.41) is 0.744. The molecular weight excluding hydrogens is 278 g/mol. The molecule has 0 fully saturated rings. The quantitative estimate of drug-likeness (QED) is 0.638. The van der Waals surface area contributed by atoms with E-state index in [2.05, 4.69) is 0 Å². The van der Waals surface area contributed by atoms with Gasteiger partial charge < -0.3 is 19.9 Å². The number of nitrogens with two attached hydrogens (primary N) is 1. The van der Waals surface area contributed by atoms with Crippen molar-refractivity contribution < 1.29 is 14.2 Å². The first-order valence-corrected chi connectivity index (χ1v) is 7.25. The van der Waals surface area contributed by atoms with Crippen LogP contribution in [0.15, 0.2) is 24.3 Å². The van der Waals surface area contributed by atoms with Crippen LogP contribution in [0, 0.1) is 0 Å². The molecule has 0 spiro atoms. The number of hydrogen-bond acceptors (Lipinski definition) is 4. The molecule has 114 valence electrons. The molecule has 1 aromatic carbocycles. The molecule has 0 aliphatic carbocycles. The molecule has 0 amide bonds. The van der Waals surface area contributed by atoms with E-state index in [9.17, 15) is 0 Å². The van der Waals surface area contributed by atoms with Crippen molar-refractivity contribution in [2.75, 3.05) is 46.7 Å². The lowest BCUT2D eigenvalue weighted by Crippen LogP contribution is -2.16. The number of rotatable bonds is 11. The van der Waals surface area contributed by atoms with Gasteiger partial charge in [0.25, 0.3) is 0 Å². The zero-order valence-electron chi connectivity index (χ0n) is 12.0. The van der Waals surface area contributed by atoms with Crippen LogP contribution in [0.2, 0.25) is 5.02 Å². The van der Waals surface area contributed by atoms with Crippen molar-refractivity contribution in [3.05, 3.63) is 34.9 Å². The second-order valence-electron chi connectivity index (χ2n) is 4.49. The second kappa shape index (κ2) is 11.1. The van der Waals surface area contributed by atoms with Gasteiger partial charge in [0, 0.05) is 18.7 Å². The molecule has 0 aromatic heterocycles. The van der Waals surface area contributed by atoms with Gasteiger partial charge in [-0.3, -0.25) is 0 Å². The molecule has 1 unspecified atom stereocenters. The molecule has 5 heteroatoms. The molecule has 0 radical (unpaired) electrons. The molecule has 0 aliphatic heterocycles. The average Bonchev–Trinajstić information content (AvgIpc) is 2.47. The van der Waals surface area contributed by atoms with Gasteiger partial charge in [-0.1, -0.05) is 23.7 Å². The Labute approximate surface area is 126 Å². The smallest absolute Gasteiger partial charge is 0.0701 e. The standard InChI is InChI=1S/C15H24ClNO3/c1-18-8-9-20-11-10-19-7-6-14(12-17)13-2-4-15(16)5-3-13/h2-5,14H,6-12,17H2,1H3. The van der Waals surface area contributed by atoms with E-state index >= 15 is 0 Å². The van der Waals surface area contributed by atoms with Crippen molar-refractivity contribution >= 4 is 11.6 Å². The Bertz CT molecular complexity index is 345. The maximum atomic E-state index is 5.88.